The van der Waals surface area contributed by atoms with E-state index in [-0.39, 0.29) is 10.8 Å². The molecule has 4 nitrogen and oxygen atoms in total. The van der Waals surface area contributed by atoms with Gasteiger partial charge in [0.1, 0.15) is 11.4 Å². The molecule has 0 radical (unpaired) electrons. The maximum atomic E-state index is 12.0. The van der Waals surface area contributed by atoms with Gasteiger partial charge in [-0.05, 0) is 35.7 Å². The summed E-state index contributed by atoms with van der Waals surface area (Å²) in [6.07, 6.45) is -0.0499. The zero-order valence-electron chi connectivity index (χ0n) is 18.5. The monoisotopic (exact) mass is 413 g/mol. The lowest BCUT2D eigenvalue weighted by atomic mass is 9.87. The Bertz CT molecular complexity index is 760. The van der Waals surface area contributed by atoms with Crippen LogP contribution in [-0.4, -0.2) is 37.0 Å². The summed E-state index contributed by atoms with van der Waals surface area (Å²) in [7, 11) is -2.85. The van der Waals surface area contributed by atoms with Gasteiger partial charge in [0.15, 0.2) is 0 Å². The Kier molecular flexibility index (Phi) is 7.22. The maximum absolute atomic E-state index is 12.0. The first kappa shape index (κ1) is 23.5. The highest BCUT2D eigenvalue weighted by Gasteiger charge is 2.54. The Morgan fingerprint density at radius 3 is 1.72 bits per heavy atom. The SMILES string of the molecule is CC[C@@H](O[Si](c1ccccc1)(c1ccccc1)C(C)(C)C)[C@@](C)(O)[C@H](N)C(C)=O. The summed E-state index contributed by atoms with van der Waals surface area (Å²) < 4.78 is 7.02. The van der Waals surface area contributed by atoms with Gasteiger partial charge in [-0.25, -0.2) is 0 Å². The Morgan fingerprint density at radius 2 is 1.41 bits per heavy atom. The first-order valence-electron chi connectivity index (χ1n) is 10.3. The molecule has 2 rings (SSSR count). The van der Waals surface area contributed by atoms with E-state index in [1.165, 1.54) is 6.92 Å². The van der Waals surface area contributed by atoms with Gasteiger partial charge in [-0.2, -0.15) is 0 Å². The van der Waals surface area contributed by atoms with E-state index in [1.807, 2.05) is 43.3 Å². The minimum Gasteiger partial charge on any atom is -0.401 e. The van der Waals surface area contributed by atoms with Crippen LogP contribution in [0.15, 0.2) is 60.7 Å². The van der Waals surface area contributed by atoms with Gasteiger partial charge < -0.3 is 15.3 Å². The van der Waals surface area contributed by atoms with E-state index >= 15 is 0 Å². The third-order valence-corrected chi connectivity index (χ3v) is 10.9. The van der Waals surface area contributed by atoms with E-state index in [2.05, 4.69) is 45.0 Å². The highest BCUT2D eigenvalue weighted by Crippen LogP contribution is 2.39. The fourth-order valence-electron chi connectivity index (χ4n) is 4.13. The molecule has 0 bridgehead atoms. The summed E-state index contributed by atoms with van der Waals surface area (Å²) in [5, 5.41) is 13.3. The number of carbonyl (C=O) groups excluding carboxylic acids is 1. The van der Waals surface area contributed by atoms with Crippen molar-refractivity contribution in [2.24, 2.45) is 5.73 Å². The number of hydrogen-bond donors (Lipinski definition) is 2. The molecule has 0 aromatic heterocycles. The van der Waals surface area contributed by atoms with Crippen molar-refractivity contribution in [2.45, 2.75) is 70.7 Å². The van der Waals surface area contributed by atoms with Crippen molar-refractivity contribution in [3.63, 3.8) is 0 Å². The normalized spacial score (nSPS) is 16.7. The van der Waals surface area contributed by atoms with Gasteiger partial charge in [-0.1, -0.05) is 88.4 Å². The molecule has 0 saturated heterocycles. The second-order valence-electron chi connectivity index (χ2n) is 8.99. The zero-order valence-corrected chi connectivity index (χ0v) is 19.5. The van der Waals surface area contributed by atoms with Crippen molar-refractivity contribution in [1.29, 1.82) is 0 Å². The minimum atomic E-state index is -2.85. The van der Waals surface area contributed by atoms with Gasteiger partial charge >= 0.3 is 0 Å². The highest BCUT2D eigenvalue weighted by atomic mass is 28.4. The highest BCUT2D eigenvalue weighted by molar-refractivity contribution is 6.99. The van der Waals surface area contributed by atoms with Crippen LogP contribution in [0, 0.1) is 0 Å². The Morgan fingerprint density at radius 1 is 1.00 bits per heavy atom. The van der Waals surface area contributed by atoms with E-state index in [0.717, 1.165) is 10.4 Å². The number of ketones is 1. The lowest BCUT2D eigenvalue weighted by molar-refractivity contribution is -0.130. The van der Waals surface area contributed by atoms with Crippen LogP contribution in [0.25, 0.3) is 0 Å². The largest absolute Gasteiger partial charge is 0.401 e. The van der Waals surface area contributed by atoms with Crippen LogP contribution in [0.2, 0.25) is 5.04 Å². The quantitative estimate of drug-likeness (QED) is 0.653. The van der Waals surface area contributed by atoms with Crippen LogP contribution in [-0.2, 0) is 9.22 Å². The molecule has 0 aliphatic carbocycles. The summed E-state index contributed by atoms with van der Waals surface area (Å²) in [5.41, 5.74) is 4.63. The third kappa shape index (κ3) is 4.53. The van der Waals surface area contributed by atoms with Gasteiger partial charge in [0.05, 0.1) is 12.1 Å². The number of rotatable bonds is 8. The van der Waals surface area contributed by atoms with Crippen molar-refractivity contribution < 1.29 is 14.3 Å². The molecule has 3 N–H and O–H groups in total. The number of hydrogen-bond acceptors (Lipinski definition) is 4. The zero-order chi connectivity index (χ0) is 21.9. The van der Waals surface area contributed by atoms with Gasteiger partial charge in [-0.3, -0.25) is 4.79 Å². The van der Waals surface area contributed by atoms with Crippen LogP contribution >= 0.6 is 0 Å². The minimum absolute atomic E-state index is 0.223. The Hall–Kier alpha value is -1.79. The van der Waals surface area contributed by atoms with E-state index in [0.29, 0.717) is 6.42 Å². The Balaban J connectivity index is 2.72. The predicted molar refractivity (Wildman–Crippen MR) is 122 cm³/mol. The smallest absolute Gasteiger partial charge is 0.261 e. The molecule has 0 saturated carbocycles. The molecule has 158 valence electrons. The van der Waals surface area contributed by atoms with E-state index in [4.69, 9.17) is 10.2 Å². The molecule has 29 heavy (non-hydrogen) atoms. The number of benzene rings is 2. The molecule has 0 aliphatic heterocycles. The van der Waals surface area contributed by atoms with E-state index in [1.54, 1.807) is 6.92 Å². The summed E-state index contributed by atoms with van der Waals surface area (Å²) in [5.74, 6) is -0.250. The topological polar surface area (TPSA) is 72.6 Å². The van der Waals surface area contributed by atoms with Crippen LogP contribution in [0.3, 0.4) is 0 Å². The molecule has 0 amide bonds. The summed E-state index contributed by atoms with van der Waals surface area (Å²) in [4.78, 5) is 12.0. The molecule has 3 atom stereocenters. The molecule has 0 fully saturated rings. The van der Waals surface area contributed by atoms with E-state index in [9.17, 15) is 9.90 Å². The molecule has 0 spiro atoms. The number of aliphatic hydroxyl groups is 1. The average Bonchev–Trinajstić information content (AvgIpc) is 2.68. The molecule has 0 heterocycles. The van der Waals surface area contributed by atoms with Gasteiger partial charge in [0.2, 0.25) is 0 Å². The number of carbonyl (C=O) groups is 1. The lowest BCUT2D eigenvalue weighted by Crippen LogP contribution is -2.70. The van der Waals surface area contributed by atoms with Crippen LogP contribution < -0.4 is 16.1 Å². The second-order valence-corrected chi connectivity index (χ2v) is 13.2. The molecule has 0 unspecified atom stereocenters. The molecular formula is C24H35NO3Si. The van der Waals surface area contributed by atoms with Crippen molar-refractivity contribution in [3.05, 3.63) is 60.7 Å². The van der Waals surface area contributed by atoms with Gasteiger partial charge in [-0.15, -0.1) is 0 Å². The molecule has 2 aromatic rings. The third-order valence-electron chi connectivity index (χ3n) is 5.83. The summed E-state index contributed by atoms with van der Waals surface area (Å²) in [6, 6.07) is 19.5. The van der Waals surface area contributed by atoms with Crippen LogP contribution in [0.5, 0.6) is 0 Å². The maximum Gasteiger partial charge on any atom is 0.261 e. The molecule has 0 aliphatic rings. The fraction of sp³-hybridized carbons (Fsp3) is 0.458. The van der Waals surface area contributed by atoms with Crippen molar-refractivity contribution in [2.75, 3.05) is 0 Å². The summed E-state index contributed by atoms with van der Waals surface area (Å²) >= 11 is 0. The van der Waals surface area contributed by atoms with Gasteiger partial charge in [0, 0.05) is 0 Å². The van der Waals surface area contributed by atoms with Crippen LogP contribution in [0.1, 0.15) is 48.0 Å². The second kappa shape index (κ2) is 8.92. The van der Waals surface area contributed by atoms with Crippen molar-refractivity contribution in [1.82, 2.24) is 0 Å². The fourth-order valence-corrected chi connectivity index (χ4v) is 8.98. The molecule has 5 heteroatoms. The Labute approximate surface area is 176 Å². The lowest BCUT2D eigenvalue weighted by Gasteiger charge is -2.48. The average molecular weight is 414 g/mol. The molecule has 2 aromatic carbocycles. The summed E-state index contributed by atoms with van der Waals surface area (Å²) in [6.45, 7) is 11.5. The molecular weight excluding hydrogens is 378 g/mol. The van der Waals surface area contributed by atoms with Gasteiger partial charge in [0.25, 0.3) is 8.32 Å². The number of nitrogens with two attached hydrogens (primary N) is 1. The van der Waals surface area contributed by atoms with Crippen molar-refractivity contribution >= 4 is 24.5 Å². The number of Topliss-reactive ketones (excluding diaryl/α,β-unsaturated/α-hetero) is 1. The van der Waals surface area contributed by atoms with Crippen LogP contribution in [0.4, 0.5) is 0 Å². The van der Waals surface area contributed by atoms with E-state index < -0.39 is 26.1 Å². The standard InChI is InChI=1S/C24H35NO3Si/c1-7-21(24(6,27)22(25)18(2)26)28-29(23(3,4)5,19-14-10-8-11-15-19)20-16-12-9-13-17-20/h8-17,21-22,27H,7,25H2,1-6H3/t21-,22-,24-/m1/s1. The first-order valence-corrected chi connectivity index (χ1v) is 12.2. The predicted octanol–water partition coefficient (Wildman–Crippen LogP) is 3.01. The van der Waals surface area contributed by atoms with Crippen molar-refractivity contribution in [3.8, 4) is 0 Å². The first-order chi connectivity index (χ1) is 13.5.